The van der Waals surface area contributed by atoms with E-state index in [-0.39, 0.29) is 16.5 Å². The van der Waals surface area contributed by atoms with E-state index in [9.17, 15) is 26.0 Å². The van der Waals surface area contributed by atoms with Crippen LogP contribution in [-0.4, -0.2) is 32.5 Å². The number of nitrogens with zero attached hydrogens (tertiary/aromatic N) is 2. The van der Waals surface area contributed by atoms with Gasteiger partial charge in [0.05, 0.1) is 15.5 Å². The second-order valence-electron chi connectivity index (χ2n) is 6.03. The first-order valence-electron chi connectivity index (χ1n) is 7.82. The Bertz CT molecular complexity index is 936. The number of sulfonamides is 1. The number of alkyl halides is 3. The Kier molecular flexibility index (Phi) is 5.33. The second kappa shape index (κ2) is 7.25. The van der Waals surface area contributed by atoms with Crippen LogP contribution in [0, 0.1) is 5.82 Å². The number of aromatic nitrogens is 1. The Balaban J connectivity index is 1.68. The topological polar surface area (TPSA) is 62.3 Å². The van der Waals surface area contributed by atoms with E-state index in [1.54, 1.807) is 4.90 Å². The summed E-state index contributed by atoms with van der Waals surface area (Å²) in [7, 11) is -3.91. The van der Waals surface area contributed by atoms with E-state index in [0.717, 1.165) is 30.5 Å². The normalized spacial score (nSPS) is 18.1. The monoisotopic (exact) mass is 423 g/mol. The fraction of sp³-hybridized carbons (Fsp3) is 0.312. The summed E-state index contributed by atoms with van der Waals surface area (Å²) in [6.45, 7) is 0.669. The molecule has 1 N–H and O–H groups in total. The van der Waals surface area contributed by atoms with Gasteiger partial charge in [-0.2, -0.15) is 13.2 Å². The van der Waals surface area contributed by atoms with Gasteiger partial charge in [-0.1, -0.05) is 11.6 Å². The van der Waals surface area contributed by atoms with Crippen LogP contribution in [-0.2, 0) is 16.2 Å². The van der Waals surface area contributed by atoms with Gasteiger partial charge >= 0.3 is 6.18 Å². The first-order valence-corrected chi connectivity index (χ1v) is 9.68. The van der Waals surface area contributed by atoms with E-state index in [4.69, 9.17) is 11.6 Å². The summed E-state index contributed by atoms with van der Waals surface area (Å²) in [5.41, 5.74) is -0.851. The summed E-state index contributed by atoms with van der Waals surface area (Å²) in [5.74, 6) is -0.398. The molecule has 1 unspecified atom stereocenters. The maximum Gasteiger partial charge on any atom is 0.417 e. The first-order chi connectivity index (χ1) is 12.6. The Labute approximate surface area is 158 Å². The van der Waals surface area contributed by atoms with Gasteiger partial charge in [-0.15, -0.1) is 0 Å². The molecule has 0 amide bonds. The molecule has 3 rings (SSSR count). The molecule has 146 valence electrons. The Morgan fingerprint density at radius 3 is 2.56 bits per heavy atom. The van der Waals surface area contributed by atoms with E-state index in [1.807, 2.05) is 0 Å². The molecular formula is C16H14ClF4N3O2S. The van der Waals surface area contributed by atoms with Crippen LogP contribution < -0.4 is 9.62 Å². The van der Waals surface area contributed by atoms with E-state index in [0.29, 0.717) is 18.8 Å². The van der Waals surface area contributed by atoms with Crippen molar-refractivity contribution >= 4 is 27.4 Å². The molecule has 1 aromatic heterocycles. The van der Waals surface area contributed by atoms with Gasteiger partial charge in [0.2, 0.25) is 10.0 Å². The number of halogens is 5. The maximum atomic E-state index is 13.2. The summed E-state index contributed by atoms with van der Waals surface area (Å²) in [6, 6.07) is 4.80. The highest BCUT2D eigenvalue weighted by Gasteiger charge is 2.32. The van der Waals surface area contributed by atoms with Crippen LogP contribution in [0.25, 0.3) is 0 Å². The van der Waals surface area contributed by atoms with E-state index in [1.165, 1.54) is 6.07 Å². The standard InChI is InChI=1S/C16H14ClF4N3O2S/c17-13-7-12(2-3-14(13)18)27(25,26)23-11-5-6-24(9-11)15-4-1-10(8-22-15)16(19,20)21/h1-4,7-8,11,23H,5-6,9H2. The Morgan fingerprint density at radius 1 is 1.22 bits per heavy atom. The molecule has 27 heavy (non-hydrogen) atoms. The van der Waals surface area contributed by atoms with Gasteiger partial charge in [0, 0.05) is 25.3 Å². The van der Waals surface area contributed by atoms with Crippen LogP contribution in [0.5, 0.6) is 0 Å². The number of hydrogen-bond acceptors (Lipinski definition) is 4. The molecule has 0 aliphatic carbocycles. The van der Waals surface area contributed by atoms with E-state index >= 15 is 0 Å². The van der Waals surface area contributed by atoms with Crippen molar-refractivity contribution in [2.75, 3.05) is 18.0 Å². The number of benzene rings is 1. The summed E-state index contributed by atoms with van der Waals surface area (Å²) in [5, 5.41) is -0.306. The number of rotatable bonds is 4. The molecule has 5 nitrogen and oxygen atoms in total. The quantitative estimate of drug-likeness (QED) is 0.765. The van der Waals surface area contributed by atoms with Crippen LogP contribution in [0.2, 0.25) is 5.02 Å². The molecular weight excluding hydrogens is 410 g/mol. The minimum absolute atomic E-state index is 0.167. The molecule has 1 aliphatic rings. The fourth-order valence-corrected chi connectivity index (χ4v) is 4.27. The molecule has 1 fully saturated rings. The van der Waals surface area contributed by atoms with Gasteiger partial charge in [0.15, 0.2) is 0 Å². The van der Waals surface area contributed by atoms with Gasteiger partial charge in [0.1, 0.15) is 11.6 Å². The lowest BCUT2D eigenvalue weighted by Gasteiger charge is -2.18. The lowest BCUT2D eigenvalue weighted by Crippen LogP contribution is -2.37. The molecule has 1 aliphatic heterocycles. The van der Waals surface area contributed by atoms with Gasteiger partial charge in [-0.3, -0.25) is 0 Å². The highest BCUT2D eigenvalue weighted by Crippen LogP contribution is 2.30. The zero-order valence-corrected chi connectivity index (χ0v) is 15.2. The predicted molar refractivity (Wildman–Crippen MR) is 91.6 cm³/mol. The molecule has 2 aromatic rings. The lowest BCUT2D eigenvalue weighted by atomic mass is 10.3. The van der Waals surface area contributed by atoms with Crippen molar-refractivity contribution in [1.29, 1.82) is 0 Å². The third-order valence-electron chi connectivity index (χ3n) is 4.11. The molecule has 0 bridgehead atoms. The smallest absolute Gasteiger partial charge is 0.355 e. The lowest BCUT2D eigenvalue weighted by molar-refractivity contribution is -0.137. The van der Waals surface area contributed by atoms with Crippen molar-refractivity contribution in [3.8, 4) is 0 Å². The highest BCUT2D eigenvalue weighted by atomic mass is 35.5. The zero-order chi connectivity index (χ0) is 19.8. The summed E-state index contributed by atoms with van der Waals surface area (Å²) >= 11 is 5.62. The molecule has 0 spiro atoms. The van der Waals surface area contributed by atoms with Crippen LogP contribution in [0.3, 0.4) is 0 Å². The van der Waals surface area contributed by atoms with Crippen molar-refractivity contribution in [3.63, 3.8) is 0 Å². The van der Waals surface area contributed by atoms with Crippen molar-refractivity contribution < 1.29 is 26.0 Å². The minimum atomic E-state index is -4.47. The molecule has 0 saturated carbocycles. The van der Waals surface area contributed by atoms with E-state index < -0.39 is 33.6 Å². The number of nitrogens with one attached hydrogen (secondary N) is 1. The summed E-state index contributed by atoms with van der Waals surface area (Å²) in [6.07, 6.45) is -3.28. The van der Waals surface area contributed by atoms with Crippen molar-refractivity contribution in [2.24, 2.45) is 0 Å². The highest BCUT2D eigenvalue weighted by molar-refractivity contribution is 7.89. The second-order valence-corrected chi connectivity index (χ2v) is 8.15. The SMILES string of the molecule is O=S(=O)(NC1CCN(c2ccc(C(F)(F)F)cn2)C1)c1ccc(F)c(Cl)c1. The van der Waals surface area contributed by atoms with Crippen LogP contribution in [0.15, 0.2) is 41.4 Å². The number of hydrogen-bond donors (Lipinski definition) is 1. The van der Waals surface area contributed by atoms with Crippen molar-refractivity contribution in [1.82, 2.24) is 9.71 Å². The zero-order valence-electron chi connectivity index (χ0n) is 13.7. The van der Waals surface area contributed by atoms with Gasteiger partial charge in [-0.05, 0) is 36.8 Å². The van der Waals surface area contributed by atoms with Crippen LogP contribution >= 0.6 is 11.6 Å². The molecule has 1 saturated heterocycles. The summed E-state index contributed by atoms with van der Waals surface area (Å²) < 4.78 is 78.3. The van der Waals surface area contributed by atoms with Crippen LogP contribution in [0.1, 0.15) is 12.0 Å². The number of anilines is 1. The Hall–Kier alpha value is -1.91. The van der Waals surface area contributed by atoms with Gasteiger partial charge < -0.3 is 4.90 Å². The van der Waals surface area contributed by atoms with Gasteiger partial charge in [-0.25, -0.2) is 22.5 Å². The van der Waals surface area contributed by atoms with Crippen molar-refractivity contribution in [2.45, 2.75) is 23.5 Å². The minimum Gasteiger partial charge on any atom is -0.355 e. The predicted octanol–water partition coefficient (Wildman–Crippen LogP) is 3.45. The third-order valence-corrected chi connectivity index (χ3v) is 5.92. The first kappa shape index (κ1) is 19.8. The average Bonchev–Trinajstić information content (AvgIpc) is 3.04. The Morgan fingerprint density at radius 2 is 1.96 bits per heavy atom. The molecule has 11 heteroatoms. The molecule has 2 heterocycles. The van der Waals surface area contributed by atoms with Gasteiger partial charge in [0.25, 0.3) is 0 Å². The van der Waals surface area contributed by atoms with Crippen LogP contribution in [0.4, 0.5) is 23.4 Å². The summed E-state index contributed by atoms with van der Waals surface area (Å²) in [4.78, 5) is 5.33. The largest absolute Gasteiger partial charge is 0.417 e. The maximum absolute atomic E-state index is 13.2. The number of pyridine rings is 1. The average molecular weight is 424 g/mol. The van der Waals surface area contributed by atoms with E-state index in [2.05, 4.69) is 9.71 Å². The fourth-order valence-electron chi connectivity index (χ4n) is 2.74. The molecule has 0 radical (unpaired) electrons. The molecule has 1 atom stereocenters. The third kappa shape index (κ3) is 4.50. The van der Waals surface area contributed by atoms with Crippen molar-refractivity contribution in [3.05, 3.63) is 52.9 Å². The molecule has 1 aromatic carbocycles.